The fraction of sp³-hybridized carbons (Fsp3) is 0.455. The average molecular weight is 370 g/mol. The molecular weight excluding hydrogens is 343 g/mol. The molecule has 144 valence electrons. The van der Waals surface area contributed by atoms with Gasteiger partial charge in [0, 0.05) is 36.7 Å². The van der Waals surface area contributed by atoms with E-state index in [-0.39, 0.29) is 5.82 Å². The van der Waals surface area contributed by atoms with Crippen molar-refractivity contribution in [3.05, 3.63) is 59.4 Å². The third-order valence-electron chi connectivity index (χ3n) is 5.96. The number of rotatable bonds is 5. The van der Waals surface area contributed by atoms with Crippen LogP contribution in [-0.2, 0) is 6.54 Å². The molecule has 0 unspecified atom stereocenters. The molecule has 0 radical (unpaired) electrons. The topological polar surface area (TPSA) is 33.7 Å². The van der Waals surface area contributed by atoms with Crippen molar-refractivity contribution in [2.24, 2.45) is 0 Å². The zero-order valence-electron chi connectivity index (χ0n) is 16.0. The summed E-state index contributed by atoms with van der Waals surface area (Å²) in [7, 11) is 3.36. The van der Waals surface area contributed by atoms with Gasteiger partial charge in [-0.05, 0) is 43.1 Å². The number of hydrogen-bond donors (Lipinski definition) is 1. The van der Waals surface area contributed by atoms with E-state index in [2.05, 4.69) is 16.3 Å². The monoisotopic (exact) mass is 370 g/mol. The normalized spacial score (nSPS) is 25.2. The summed E-state index contributed by atoms with van der Waals surface area (Å²) in [5.41, 5.74) is 2.35. The molecule has 0 aliphatic carbocycles. The summed E-state index contributed by atoms with van der Waals surface area (Å²) < 4.78 is 24.5. The Morgan fingerprint density at radius 2 is 1.93 bits per heavy atom. The van der Waals surface area contributed by atoms with Gasteiger partial charge >= 0.3 is 0 Å². The van der Waals surface area contributed by atoms with E-state index in [0.717, 1.165) is 36.7 Å². The Hall–Kier alpha value is -2.11. The van der Waals surface area contributed by atoms with E-state index in [1.54, 1.807) is 26.4 Å². The van der Waals surface area contributed by atoms with E-state index in [1.807, 2.05) is 24.3 Å². The van der Waals surface area contributed by atoms with Crippen LogP contribution in [0.1, 0.15) is 29.9 Å². The van der Waals surface area contributed by atoms with Crippen molar-refractivity contribution >= 4 is 0 Å². The van der Waals surface area contributed by atoms with Crippen molar-refractivity contribution in [1.29, 1.82) is 0 Å². The summed E-state index contributed by atoms with van der Waals surface area (Å²) in [6, 6.07) is 13.9. The van der Waals surface area contributed by atoms with Crippen molar-refractivity contribution in [1.82, 2.24) is 10.2 Å². The van der Waals surface area contributed by atoms with Crippen LogP contribution >= 0.6 is 0 Å². The number of ether oxygens (including phenoxy) is 2. The Labute approximate surface area is 160 Å². The summed E-state index contributed by atoms with van der Waals surface area (Å²) in [6.07, 6.45) is 2.37. The standard InChI is InChI=1S/C22H27FN2O2/c1-26-20-7-3-5-16(22(20)27-2)14-25-12-4-6-19-21(25)18(13-24-19)15-8-10-17(23)11-9-15/h3,5,7-11,18-19,21,24H,4,6,12-14H2,1-2H3/t18-,19-,21-/m1/s1. The van der Waals surface area contributed by atoms with E-state index >= 15 is 0 Å². The SMILES string of the molecule is COc1cccc(CN2CCC[C@H]3NC[C@H](c4ccc(F)cc4)[C@H]32)c1OC. The lowest BCUT2D eigenvalue weighted by Crippen LogP contribution is -2.49. The number of nitrogens with zero attached hydrogens (tertiary/aromatic N) is 1. The summed E-state index contributed by atoms with van der Waals surface area (Å²) >= 11 is 0. The number of benzene rings is 2. The van der Waals surface area contributed by atoms with E-state index in [9.17, 15) is 4.39 Å². The molecule has 2 fully saturated rings. The van der Waals surface area contributed by atoms with Crippen molar-refractivity contribution in [2.45, 2.75) is 37.4 Å². The zero-order valence-corrected chi connectivity index (χ0v) is 16.0. The first-order valence-electron chi connectivity index (χ1n) is 9.64. The number of hydrogen-bond acceptors (Lipinski definition) is 4. The van der Waals surface area contributed by atoms with E-state index in [4.69, 9.17) is 9.47 Å². The number of nitrogens with one attached hydrogen (secondary N) is 1. The lowest BCUT2D eigenvalue weighted by atomic mass is 9.86. The van der Waals surface area contributed by atoms with Crippen LogP contribution in [0.4, 0.5) is 4.39 Å². The maximum absolute atomic E-state index is 13.4. The Morgan fingerprint density at radius 3 is 2.67 bits per heavy atom. The summed E-state index contributed by atoms with van der Waals surface area (Å²) in [4.78, 5) is 2.56. The van der Waals surface area contributed by atoms with Crippen LogP contribution in [0.5, 0.6) is 11.5 Å². The maximum Gasteiger partial charge on any atom is 0.165 e. The summed E-state index contributed by atoms with van der Waals surface area (Å²) in [5, 5.41) is 3.70. The van der Waals surface area contributed by atoms with Gasteiger partial charge < -0.3 is 14.8 Å². The highest BCUT2D eigenvalue weighted by Gasteiger charge is 2.42. The van der Waals surface area contributed by atoms with Crippen LogP contribution in [0.3, 0.4) is 0 Å². The third-order valence-corrected chi connectivity index (χ3v) is 5.96. The lowest BCUT2D eigenvalue weighted by molar-refractivity contribution is 0.119. The first-order chi connectivity index (χ1) is 13.2. The molecule has 1 N–H and O–H groups in total. The summed E-state index contributed by atoms with van der Waals surface area (Å²) in [6.45, 7) is 2.81. The van der Waals surface area contributed by atoms with Crippen LogP contribution in [0.15, 0.2) is 42.5 Å². The lowest BCUT2D eigenvalue weighted by Gasteiger charge is -2.40. The van der Waals surface area contributed by atoms with Gasteiger partial charge in [-0.15, -0.1) is 0 Å². The zero-order chi connectivity index (χ0) is 18.8. The fourth-order valence-corrected chi connectivity index (χ4v) is 4.75. The van der Waals surface area contributed by atoms with E-state index in [1.165, 1.54) is 18.4 Å². The van der Waals surface area contributed by atoms with Gasteiger partial charge in [0.25, 0.3) is 0 Å². The molecule has 2 aliphatic rings. The highest BCUT2D eigenvalue weighted by molar-refractivity contribution is 5.46. The number of methoxy groups -OCH3 is 2. The van der Waals surface area contributed by atoms with Crippen LogP contribution in [-0.4, -0.2) is 44.3 Å². The van der Waals surface area contributed by atoms with Crippen molar-refractivity contribution in [2.75, 3.05) is 27.3 Å². The van der Waals surface area contributed by atoms with Gasteiger partial charge in [0.05, 0.1) is 14.2 Å². The molecule has 4 nitrogen and oxygen atoms in total. The van der Waals surface area contributed by atoms with Crippen molar-refractivity contribution in [3.63, 3.8) is 0 Å². The second-order valence-corrected chi connectivity index (χ2v) is 7.43. The molecule has 0 bridgehead atoms. The molecule has 5 heteroatoms. The van der Waals surface area contributed by atoms with Gasteiger partial charge in [-0.3, -0.25) is 4.90 Å². The number of likely N-dealkylation sites (tertiary alicyclic amines) is 1. The minimum absolute atomic E-state index is 0.178. The molecule has 0 saturated carbocycles. The smallest absolute Gasteiger partial charge is 0.165 e. The molecule has 2 aliphatic heterocycles. The van der Waals surface area contributed by atoms with Gasteiger partial charge in [-0.2, -0.15) is 0 Å². The molecule has 0 aromatic heterocycles. The second kappa shape index (κ2) is 7.87. The van der Waals surface area contributed by atoms with Crippen LogP contribution in [0, 0.1) is 5.82 Å². The van der Waals surface area contributed by atoms with Gasteiger partial charge in [-0.25, -0.2) is 4.39 Å². The number of fused-ring (bicyclic) bond motifs is 1. The van der Waals surface area contributed by atoms with Gasteiger partial charge in [0.1, 0.15) is 5.82 Å². The van der Waals surface area contributed by atoms with Gasteiger partial charge in [0.2, 0.25) is 0 Å². The molecule has 0 amide bonds. The third kappa shape index (κ3) is 3.54. The molecule has 27 heavy (non-hydrogen) atoms. The number of piperidine rings is 1. The molecule has 2 heterocycles. The molecule has 2 saturated heterocycles. The van der Waals surface area contributed by atoms with Gasteiger partial charge in [-0.1, -0.05) is 24.3 Å². The van der Waals surface area contributed by atoms with Gasteiger partial charge in [0.15, 0.2) is 11.5 Å². The number of para-hydroxylation sites is 1. The summed E-state index contributed by atoms with van der Waals surface area (Å²) in [5.74, 6) is 1.77. The predicted molar refractivity (Wildman–Crippen MR) is 104 cm³/mol. The molecular formula is C22H27FN2O2. The van der Waals surface area contributed by atoms with Crippen LogP contribution in [0.2, 0.25) is 0 Å². The largest absolute Gasteiger partial charge is 0.493 e. The molecule has 0 spiro atoms. The molecule has 2 aromatic carbocycles. The molecule has 3 atom stereocenters. The minimum atomic E-state index is -0.178. The first kappa shape index (κ1) is 18.3. The van der Waals surface area contributed by atoms with E-state index in [0.29, 0.717) is 18.0 Å². The van der Waals surface area contributed by atoms with Crippen molar-refractivity contribution < 1.29 is 13.9 Å². The Balaban J connectivity index is 1.61. The fourth-order valence-electron chi connectivity index (χ4n) is 4.75. The van der Waals surface area contributed by atoms with E-state index < -0.39 is 0 Å². The van der Waals surface area contributed by atoms with Crippen molar-refractivity contribution in [3.8, 4) is 11.5 Å². The van der Waals surface area contributed by atoms with Crippen LogP contribution < -0.4 is 14.8 Å². The highest BCUT2D eigenvalue weighted by Crippen LogP contribution is 2.38. The average Bonchev–Trinajstić information content (AvgIpc) is 3.13. The number of halogens is 1. The highest BCUT2D eigenvalue weighted by atomic mass is 19.1. The van der Waals surface area contributed by atoms with Crippen LogP contribution in [0.25, 0.3) is 0 Å². The quantitative estimate of drug-likeness (QED) is 0.873. The Kier molecular flexibility index (Phi) is 5.32. The molecule has 2 aromatic rings. The predicted octanol–water partition coefficient (Wildman–Crippen LogP) is 3.56. The Morgan fingerprint density at radius 1 is 1.11 bits per heavy atom. The maximum atomic E-state index is 13.4. The first-order valence-corrected chi connectivity index (χ1v) is 9.64. The molecule has 4 rings (SSSR count). The second-order valence-electron chi connectivity index (χ2n) is 7.43. The Bertz CT molecular complexity index is 780. The minimum Gasteiger partial charge on any atom is -0.493 e.